The lowest BCUT2D eigenvalue weighted by atomic mass is 10.1. The highest BCUT2D eigenvalue weighted by Gasteiger charge is 2.03. The molecule has 3 heteroatoms. The fourth-order valence-electron chi connectivity index (χ4n) is 1.96. The first-order chi connectivity index (χ1) is 9.08. The van der Waals surface area contributed by atoms with Crippen molar-refractivity contribution in [3.8, 4) is 0 Å². The number of hydrogen-bond donors (Lipinski definition) is 1. The lowest BCUT2D eigenvalue weighted by Crippen LogP contribution is -2.09. The Morgan fingerprint density at radius 2 is 1.84 bits per heavy atom. The monoisotopic (exact) mass is 258 g/mol. The molecule has 0 heterocycles. The number of halogens is 1. The van der Waals surface area contributed by atoms with Gasteiger partial charge in [0.25, 0.3) is 0 Å². The quantitative estimate of drug-likeness (QED) is 0.897. The average Bonchev–Trinajstić information content (AvgIpc) is 2.39. The smallest absolute Gasteiger partial charge is 0.128 e. The first kappa shape index (κ1) is 13.4. The van der Waals surface area contributed by atoms with Crippen molar-refractivity contribution in [1.82, 2.24) is 0 Å². The van der Waals surface area contributed by atoms with Crippen LogP contribution in [0.2, 0.25) is 0 Å². The molecule has 19 heavy (non-hydrogen) atoms. The van der Waals surface area contributed by atoms with Crippen LogP contribution in [0.25, 0.3) is 0 Å². The molecule has 2 nitrogen and oxygen atoms in total. The predicted molar refractivity (Wildman–Crippen MR) is 79.2 cm³/mol. The van der Waals surface area contributed by atoms with E-state index in [1.54, 1.807) is 12.1 Å². The first-order valence-corrected chi connectivity index (χ1v) is 6.33. The minimum absolute atomic E-state index is 0.169. The Labute approximate surface area is 113 Å². The fourth-order valence-corrected chi connectivity index (χ4v) is 1.96. The number of nitrogens with one attached hydrogen (secondary N) is 1. The van der Waals surface area contributed by atoms with Crippen LogP contribution in [0, 0.1) is 12.7 Å². The third-order valence-electron chi connectivity index (χ3n) is 3.15. The second-order valence-corrected chi connectivity index (χ2v) is 4.84. The summed E-state index contributed by atoms with van der Waals surface area (Å²) in [6, 6.07) is 13.0. The lowest BCUT2D eigenvalue weighted by molar-refractivity contribution is 0.613. The molecule has 2 aromatic carbocycles. The summed E-state index contributed by atoms with van der Waals surface area (Å²) in [6.07, 6.45) is 0. The van der Waals surface area contributed by atoms with E-state index in [1.165, 1.54) is 6.07 Å². The SMILES string of the molecule is Cc1cc(N(C)C)ccc1NCc1ccccc1F. The molecule has 0 aliphatic carbocycles. The van der Waals surface area contributed by atoms with Crippen LogP contribution in [0.15, 0.2) is 42.5 Å². The van der Waals surface area contributed by atoms with Crippen molar-refractivity contribution >= 4 is 11.4 Å². The van der Waals surface area contributed by atoms with Crippen LogP contribution in [-0.2, 0) is 6.54 Å². The van der Waals surface area contributed by atoms with Gasteiger partial charge in [0.05, 0.1) is 0 Å². The molecule has 0 saturated carbocycles. The Morgan fingerprint density at radius 1 is 1.11 bits per heavy atom. The molecule has 0 fully saturated rings. The summed E-state index contributed by atoms with van der Waals surface area (Å²) in [5, 5.41) is 3.28. The van der Waals surface area contributed by atoms with Gasteiger partial charge < -0.3 is 10.2 Å². The van der Waals surface area contributed by atoms with Crippen LogP contribution in [0.5, 0.6) is 0 Å². The van der Waals surface area contributed by atoms with Crippen molar-refractivity contribution in [3.05, 3.63) is 59.4 Å². The summed E-state index contributed by atoms with van der Waals surface area (Å²) in [5.41, 5.74) is 4.03. The van der Waals surface area contributed by atoms with Crippen molar-refractivity contribution in [1.29, 1.82) is 0 Å². The van der Waals surface area contributed by atoms with Crippen molar-refractivity contribution in [2.45, 2.75) is 13.5 Å². The van der Waals surface area contributed by atoms with Crippen molar-refractivity contribution in [2.75, 3.05) is 24.3 Å². The van der Waals surface area contributed by atoms with E-state index in [9.17, 15) is 4.39 Å². The topological polar surface area (TPSA) is 15.3 Å². The maximum atomic E-state index is 13.5. The Hall–Kier alpha value is -2.03. The molecule has 0 aromatic heterocycles. The fraction of sp³-hybridized carbons (Fsp3) is 0.250. The lowest BCUT2D eigenvalue weighted by Gasteiger charge is -2.16. The van der Waals surface area contributed by atoms with Gasteiger partial charge in [-0.3, -0.25) is 0 Å². The molecule has 0 aliphatic rings. The molecular weight excluding hydrogens is 239 g/mol. The highest BCUT2D eigenvalue weighted by molar-refractivity contribution is 5.59. The van der Waals surface area contributed by atoms with Crippen LogP contribution in [0.1, 0.15) is 11.1 Å². The maximum Gasteiger partial charge on any atom is 0.128 e. The van der Waals surface area contributed by atoms with Gasteiger partial charge in [0.15, 0.2) is 0 Å². The van der Waals surface area contributed by atoms with Gasteiger partial charge in [-0.25, -0.2) is 4.39 Å². The van der Waals surface area contributed by atoms with Crippen molar-refractivity contribution in [3.63, 3.8) is 0 Å². The van der Waals surface area contributed by atoms with Gasteiger partial charge in [-0.05, 0) is 36.8 Å². The van der Waals surface area contributed by atoms with Gasteiger partial charge in [0.2, 0.25) is 0 Å². The number of rotatable bonds is 4. The second-order valence-electron chi connectivity index (χ2n) is 4.84. The van der Waals surface area contributed by atoms with E-state index in [-0.39, 0.29) is 5.82 Å². The van der Waals surface area contributed by atoms with E-state index in [0.717, 1.165) is 16.9 Å². The van der Waals surface area contributed by atoms with Crippen LogP contribution in [0.3, 0.4) is 0 Å². The first-order valence-electron chi connectivity index (χ1n) is 6.33. The van der Waals surface area contributed by atoms with Crippen molar-refractivity contribution < 1.29 is 4.39 Å². The summed E-state index contributed by atoms with van der Waals surface area (Å²) < 4.78 is 13.5. The number of hydrogen-bond acceptors (Lipinski definition) is 2. The minimum atomic E-state index is -0.169. The molecule has 1 N–H and O–H groups in total. The average molecular weight is 258 g/mol. The Morgan fingerprint density at radius 3 is 2.47 bits per heavy atom. The molecule has 0 spiro atoms. The third kappa shape index (κ3) is 3.25. The van der Waals surface area contributed by atoms with Gasteiger partial charge in [0, 0.05) is 37.6 Å². The van der Waals surface area contributed by atoms with Gasteiger partial charge in [-0.2, -0.15) is 0 Å². The van der Waals surface area contributed by atoms with E-state index in [4.69, 9.17) is 0 Å². The van der Waals surface area contributed by atoms with Crippen LogP contribution in [-0.4, -0.2) is 14.1 Å². The molecule has 0 unspecified atom stereocenters. The number of anilines is 2. The summed E-state index contributed by atoms with van der Waals surface area (Å²) in [7, 11) is 4.03. The number of benzene rings is 2. The minimum Gasteiger partial charge on any atom is -0.381 e. The summed E-state index contributed by atoms with van der Waals surface area (Å²) in [6.45, 7) is 2.55. The zero-order chi connectivity index (χ0) is 13.8. The Kier molecular flexibility index (Phi) is 4.05. The number of nitrogens with zero attached hydrogens (tertiary/aromatic N) is 1. The summed E-state index contributed by atoms with van der Waals surface area (Å²) in [5.74, 6) is -0.169. The molecule has 2 aromatic rings. The molecule has 0 amide bonds. The third-order valence-corrected chi connectivity index (χ3v) is 3.15. The van der Waals surface area contributed by atoms with E-state index in [0.29, 0.717) is 12.1 Å². The van der Waals surface area contributed by atoms with Gasteiger partial charge in [-0.1, -0.05) is 18.2 Å². The summed E-state index contributed by atoms with van der Waals surface area (Å²) >= 11 is 0. The maximum absolute atomic E-state index is 13.5. The normalized spacial score (nSPS) is 10.3. The van der Waals surface area contributed by atoms with Crippen molar-refractivity contribution in [2.24, 2.45) is 0 Å². The van der Waals surface area contributed by atoms with Crippen LogP contribution >= 0.6 is 0 Å². The van der Waals surface area contributed by atoms with Gasteiger partial charge in [-0.15, -0.1) is 0 Å². The standard InChI is InChI=1S/C16H19FN2/c1-12-10-14(19(2)3)8-9-16(12)18-11-13-6-4-5-7-15(13)17/h4-10,18H,11H2,1-3H3. The molecule has 0 saturated heterocycles. The zero-order valence-corrected chi connectivity index (χ0v) is 11.6. The van der Waals surface area contributed by atoms with Crippen LogP contribution in [0.4, 0.5) is 15.8 Å². The van der Waals surface area contributed by atoms with Gasteiger partial charge >= 0.3 is 0 Å². The second kappa shape index (κ2) is 5.74. The highest BCUT2D eigenvalue weighted by Crippen LogP contribution is 2.22. The number of aryl methyl sites for hydroxylation is 1. The van der Waals surface area contributed by atoms with E-state index < -0.39 is 0 Å². The molecular formula is C16H19FN2. The van der Waals surface area contributed by atoms with E-state index in [1.807, 2.05) is 26.2 Å². The van der Waals surface area contributed by atoms with Crippen LogP contribution < -0.4 is 10.2 Å². The summed E-state index contributed by atoms with van der Waals surface area (Å²) in [4.78, 5) is 2.06. The van der Waals surface area contributed by atoms with Gasteiger partial charge in [0.1, 0.15) is 5.82 Å². The Balaban J connectivity index is 2.10. The molecule has 2 rings (SSSR count). The molecule has 0 aliphatic heterocycles. The van der Waals surface area contributed by atoms with E-state index in [2.05, 4.69) is 29.3 Å². The molecule has 0 radical (unpaired) electrons. The Bertz CT molecular complexity index is 564. The zero-order valence-electron chi connectivity index (χ0n) is 11.6. The molecule has 100 valence electrons. The van der Waals surface area contributed by atoms with E-state index >= 15 is 0 Å². The predicted octanol–water partition coefficient (Wildman–Crippen LogP) is 3.81. The highest BCUT2D eigenvalue weighted by atomic mass is 19.1. The molecule has 0 bridgehead atoms. The molecule has 0 atom stereocenters. The largest absolute Gasteiger partial charge is 0.381 e.